The Bertz CT molecular complexity index is 793. The van der Waals surface area contributed by atoms with Gasteiger partial charge in [0.2, 0.25) is 11.8 Å². The predicted octanol–water partition coefficient (Wildman–Crippen LogP) is 0.949. The van der Waals surface area contributed by atoms with Gasteiger partial charge in [-0.3, -0.25) is 24.1 Å². The maximum atomic E-state index is 12.4. The first-order valence-electron chi connectivity index (χ1n) is 8.15. The monoisotopic (exact) mass is 356 g/mol. The molecule has 8 nitrogen and oxygen atoms in total. The SMILES string of the molecule is CCC(C(=O)Oc1ccc(N2C(=O)C=CC2=O)cc1)N1C(=O)CCC1=O. The smallest absolute Gasteiger partial charge is 0.334 e. The number of hydrogen-bond acceptors (Lipinski definition) is 6. The van der Waals surface area contributed by atoms with E-state index in [1.165, 1.54) is 36.4 Å². The van der Waals surface area contributed by atoms with Crippen molar-refractivity contribution in [2.75, 3.05) is 4.90 Å². The second kappa shape index (κ2) is 6.91. The molecule has 1 fully saturated rings. The maximum absolute atomic E-state index is 12.4. The Morgan fingerprint density at radius 2 is 1.54 bits per heavy atom. The van der Waals surface area contributed by atoms with Crippen molar-refractivity contribution in [2.24, 2.45) is 0 Å². The van der Waals surface area contributed by atoms with Crippen molar-refractivity contribution in [1.82, 2.24) is 4.90 Å². The summed E-state index contributed by atoms with van der Waals surface area (Å²) in [5, 5.41) is 0. The van der Waals surface area contributed by atoms with Gasteiger partial charge in [-0.1, -0.05) is 6.92 Å². The second-order valence-corrected chi connectivity index (χ2v) is 5.84. The van der Waals surface area contributed by atoms with Crippen LogP contribution in [0.5, 0.6) is 5.75 Å². The van der Waals surface area contributed by atoms with Crippen LogP contribution in [0.4, 0.5) is 5.69 Å². The van der Waals surface area contributed by atoms with Gasteiger partial charge in [0.05, 0.1) is 5.69 Å². The van der Waals surface area contributed by atoms with Crippen LogP contribution in [0.25, 0.3) is 0 Å². The molecule has 8 heteroatoms. The minimum absolute atomic E-state index is 0.100. The van der Waals surface area contributed by atoms with Gasteiger partial charge in [-0.05, 0) is 30.7 Å². The largest absolute Gasteiger partial charge is 0.425 e. The van der Waals surface area contributed by atoms with Crippen LogP contribution in [-0.4, -0.2) is 40.5 Å². The molecular formula is C18H16N2O6. The molecule has 1 saturated heterocycles. The Morgan fingerprint density at radius 3 is 2.04 bits per heavy atom. The van der Waals surface area contributed by atoms with Crippen molar-refractivity contribution in [2.45, 2.75) is 32.2 Å². The van der Waals surface area contributed by atoms with Gasteiger partial charge in [-0.15, -0.1) is 0 Å². The summed E-state index contributed by atoms with van der Waals surface area (Å²) in [7, 11) is 0. The second-order valence-electron chi connectivity index (χ2n) is 5.84. The zero-order chi connectivity index (χ0) is 18.8. The molecule has 26 heavy (non-hydrogen) atoms. The van der Waals surface area contributed by atoms with Crippen LogP contribution in [0.1, 0.15) is 26.2 Å². The lowest BCUT2D eigenvalue weighted by Crippen LogP contribution is -2.45. The third-order valence-electron chi connectivity index (χ3n) is 4.18. The van der Waals surface area contributed by atoms with Gasteiger partial charge in [0.1, 0.15) is 11.8 Å². The molecule has 2 aliphatic heterocycles. The number of carbonyl (C=O) groups is 5. The highest BCUT2D eigenvalue weighted by Crippen LogP contribution is 2.24. The maximum Gasteiger partial charge on any atom is 0.334 e. The summed E-state index contributed by atoms with van der Waals surface area (Å²) in [5.74, 6) is -2.18. The standard InChI is InChI=1S/C18H16N2O6/c1-2-13(20-16(23)9-10-17(20)24)18(25)26-12-5-3-11(4-6-12)19-14(21)7-8-15(19)22/h3-8,13H,2,9-10H2,1H3. The Balaban J connectivity index is 1.71. The van der Waals surface area contributed by atoms with Crippen molar-refractivity contribution >= 4 is 35.3 Å². The summed E-state index contributed by atoms with van der Waals surface area (Å²) in [4.78, 5) is 61.3. The van der Waals surface area contributed by atoms with Crippen LogP contribution in [0, 0.1) is 0 Å². The van der Waals surface area contributed by atoms with Gasteiger partial charge in [0, 0.05) is 25.0 Å². The van der Waals surface area contributed by atoms with E-state index in [1.54, 1.807) is 6.92 Å². The summed E-state index contributed by atoms with van der Waals surface area (Å²) in [6.45, 7) is 1.69. The minimum atomic E-state index is -0.969. The number of imide groups is 2. The van der Waals surface area contributed by atoms with Gasteiger partial charge in [-0.2, -0.15) is 0 Å². The molecule has 134 valence electrons. The molecule has 1 atom stereocenters. The van der Waals surface area contributed by atoms with Crippen molar-refractivity contribution in [3.63, 3.8) is 0 Å². The molecule has 0 aromatic heterocycles. The fraction of sp³-hybridized carbons (Fsp3) is 0.278. The van der Waals surface area contributed by atoms with E-state index in [9.17, 15) is 24.0 Å². The summed E-state index contributed by atoms with van der Waals surface area (Å²) >= 11 is 0. The van der Waals surface area contributed by atoms with Crippen LogP contribution >= 0.6 is 0 Å². The zero-order valence-electron chi connectivity index (χ0n) is 14.0. The Kier molecular flexibility index (Phi) is 4.66. The number of anilines is 1. The van der Waals surface area contributed by atoms with Crippen LogP contribution in [-0.2, 0) is 24.0 Å². The molecule has 0 radical (unpaired) electrons. The molecule has 1 unspecified atom stereocenters. The number of rotatable bonds is 5. The minimum Gasteiger partial charge on any atom is -0.425 e. The summed E-state index contributed by atoms with van der Waals surface area (Å²) in [5.41, 5.74) is 0.349. The molecule has 0 N–H and O–H groups in total. The molecule has 0 bridgehead atoms. The molecule has 2 heterocycles. The third kappa shape index (κ3) is 3.13. The van der Waals surface area contributed by atoms with Crippen molar-refractivity contribution in [3.05, 3.63) is 36.4 Å². The number of esters is 1. The first-order chi connectivity index (χ1) is 12.4. The fourth-order valence-electron chi connectivity index (χ4n) is 2.90. The Morgan fingerprint density at radius 1 is 1.00 bits per heavy atom. The number of carbonyl (C=O) groups excluding carboxylic acids is 5. The molecule has 0 aliphatic carbocycles. The topological polar surface area (TPSA) is 101 Å². The van der Waals surface area contributed by atoms with Crippen molar-refractivity contribution in [1.29, 1.82) is 0 Å². The zero-order valence-corrected chi connectivity index (χ0v) is 14.0. The highest BCUT2D eigenvalue weighted by Gasteiger charge is 2.38. The molecule has 0 spiro atoms. The molecule has 3 rings (SSSR count). The van der Waals surface area contributed by atoms with Crippen molar-refractivity contribution < 1.29 is 28.7 Å². The molecule has 1 aromatic rings. The summed E-state index contributed by atoms with van der Waals surface area (Å²) in [6, 6.07) is 4.85. The number of amides is 4. The van der Waals surface area contributed by atoms with E-state index in [1.807, 2.05) is 0 Å². The lowest BCUT2D eigenvalue weighted by Gasteiger charge is -2.23. The van der Waals surface area contributed by atoms with E-state index >= 15 is 0 Å². The first kappa shape index (κ1) is 17.5. The predicted molar refractivity (Wildman–Crippen MR) is 88.9 cm³/mol. The van der Waals surface area contributed by atoms with E-state index in [-0.39, 0.29) is 36.8 Å². The number of benzene rings is 1. The number of hydrogen-bond donors (Lipinski definition) is 0. The Labute approximate surface area is 149 Å². The van der Waals surface area contributed by atoms with E-state index in [0.29, 0.717) is 5.69 Å². The average Bonchev–Trinajstić information content (AvgIpc) is 3.12. The van der Waals surface area contributed by atoms with Crippen molar-refractivity contribution in [3.8, 4) is 5.75 Å². The first-order valence-corrected chi connectivity index (χ1v) is 8.15. The summed E-state index contributed by atoms with van der Waals surface area (Å²) in [6.07, 6.45) is 2.79. The quantitative estimate of drug-likeness (QED) is 0.442. The van der Waals surface area contributed by atoms with Gasteiger partial charge < -0.3 is 4.74 Å². The van der Waals surface area contributed by atoms with Gasteiger partial charge in [-0.25, -0.2) is 9.69 Å². The normalized spacial score (nSPS) is 18.0. The lowest BCUT2D eigenvalue weighted by molar-refractivity contribution is -0.152. The number of nitrogens with zero attached hydrogens (tertiary/aromatic N) is 2. The van der Waals surface area contributed by atoms with Gasteiger partial charge in [0.15, 0.2) is 0 Å². The third-order valence-corrected chi connectivity index (χ3v) is 4.18. The molecular weight excluding hydrogens is 340 g/mol. The van der Waals surface area contributed by atoms with E-state index in [2.05, 4.69) is 0 Å². The average molecular weight is 356 g/mol. The molecule has 4 amide bonds. The Hall–Kier alpha value is -3.29. The van der Waals surface area contributed by atoms with Crippen LogP contribution < -0.4 is 9.64 Å². The lowest BCUT2D eigenvalue weighted by atomic mass is 10.2. The van der Waals surface area contributed by atoms with Crippen LogP contribution in [0.15, 0.2) is 36.4 Å². The molecule has 1 aromatic carbocycles. The van der Waals surface area contributed by atoms with Gasteiger partial charge >= 0.3 is 5.97 Å². The van der Waals surface area contributed by atoms with E-state index < -0.39 is 23.8 Å². The molecule has 2 aliphatic rings. The van der Waals surface area contributed by atoms with E-state index in [0.717, 1.165) is 9.80 Å². The van der Waals surface area contributed by atoms with E-state index in [4.69, 9.17) is 4.74 Å². The van der Waals surface area contributed by atoms with Crippen LogP contribution in [0.2, 0.25) is 0 Å². The number of ether oxygens (including phenoxy) is 1. The highest BCUT2D eigenvalue weighted by atomic mass is 16.5. The number of likely N-dealkylation sites (tertiary alicyclic amines) is 1. The van der Waals surface area contributed by atoms with Gasteiger partial charge in [0.25, 0.3) is 11.8 Å². The summed E-state index contributed by atoms with van der Waals surface area (Å²) < 4.78 is 5.26. The van der Waals surface area contributed by atoms with Crippen LogP contribution in [0.3, 0.4) is 0 Å². The fourth-order valence-corrected chi connectivity index (χ4v) is 2.90. The highest BCUT2D eigenvalue weighted by molar-refractivity contribution is 6.28. The molecule has 0 saturated carbocycles.